The molecule has 0 aromatic heterocycles. The molecule has 37 heavy (non-hydrogen) atoms. The van der Waals surface area contributed by atoms with Crippen molar-refractivity contribution in [2.45, 2.75) is 90.8 Å². The van der Waals surface area contributed by atoms with Gasteiger partial charge in [-0.05, 0) is 56.8 Å². The average molecular weight is 515 g/mol. The third-order valence-corrected chi connectivity index (χ3v) is 9.73. The first kappa shape index (κ1) is 27.5. The van der Waals surface area contributed by atoms with Crippen molar-refractivity contribution in [2.24, 2.45) is 28.6 Å². The molecule has 0 aliphatic heterocycles. The molecule has 4 rings (SSSR count). The van der Waals surface area contributed by atoms with Crippen molar-refractivity contribution < 1.29 is 33.0 Å². The summed E-state index contributed by atoms with van der Waals surface area (Å²) < 4.78 is 28.6. The van der Waals surface area contributed by atoms with Crippen molar-refractivity contribution in [3.63, 3.8) is 0 Å². The molecule has 2 fully saturated rings. The van der Waals surface area contributed by atoms with E-state index in [9.17, 15) is 19.2 Å². The Morgan fingerprint density at radius 3 is 2.49 bits per heavy atom. The Kier molecular flexibility index (Phi) is 7.15. The summed E-state index contributed by atoms with van der Waals surface area (Å²) in [6.07, 6.45) is 11.3. The molecule has 1 unspecified atom stereocenters. The fourth-order valence-electron chi connectivity index (χ4n) is 7.60. The maximum atomic E-state index is 17.2. The van der Waals surface area contributed by atoms with Crippen LogP contribution in [0.1, 0.15) is 79.6 Å². The highest BCUT2D eigenvalue weighted by molar-refractivity contribution is 6.01. The minimum absolute atomic E-state index is 0.126. The van der Waals surface area contributed by atoms with Crippen LogP contribution in [0.3, 0.4) is 0 Å². The predicted octanol–water partition coefficient (Wildman–Crippen LogP) is 5.40. The molecule has 2 saturated carbocycles. The van der Waals surface area contributed by atoms with Crippen LogP contribution in [0.5, 0.6) is 0 Å². The first-order valence-electron chi connectivity index (χ1n) is 13.6. The van der Waals surface area contributed by atoms with E-state index in [-0.39, 0.29) is 24.5 Å². The summed E-state index contributed by atoms with van der Waals surface area (Å²) in [6.45, 7) is 8.73. The van der Waals surface area contributed by atoms with E-state index in [1.807, 2.05) is 27.7 Å². The number of Topliss-reactive ketones (excluding diaryl/α,β-unsaturated/α-hetero) is 1. The van der Waals surface area contributed by atoms with Crippen LogP contribution in [0.2, 0.25) is 0 Å². The van der Waals surface area contributed by atoms with E-state index in [2.05, 4.69) is 0 Å². The van der Waals surface area contributed by atoms with Gasteiger partial charge in [-0.2, -0.15) is 0 Å². The van der Waals surface area contributed by atoms with E-state index >= 15 is 4.39 Å². The molecule has 0 amide bonds. The Morgan fingerprint density at radius 1 is 1.08 bits per heavy atom. The third kappa shape index (κ3) is 3.95. The largest absolute Gasteiger partial charge is 0.457 e. The van der Waals surface area contributed by atoms with Crippen LogP contribution in [-0.2, 0) is 28.7 Å². The predicted molar refractivity (Wildman–Crippen MR) is 136 cm³/mol. The quantitative estimate of drug-likeness (QED) is 0.318. The lowest BCUT2D eigenvalue weighted by Crippen LogP contribution is -2.63. The molecule has 0 heterocycles. The molecule has 0 aromatic rings. The number of halogens is 1. The Bertz CT molecular complexity index is 1090. The molecule has 0 saturated heterocycles. The van der Waals surface area contributed by atoms with Crippen LogP contribution in [0.4, 0.5) is 4.39 Å². The van der Waals surface area contributed by atoms with Crippen LogP contribution in [-0.4, -0.2) is 41.4 Å². The fraction of sp³-hybridized carbons (Fsp3) is 0.667. The third-order valence-electron chi connectivity index (χ3n) is 9.73. The second kappa shape index (κ2) is 9.63. The summed E-state index contributed by atoms with van der Waals surface area (Å²) in [5.41, 5.74) is -4.47. The lowest BCUT2D eigenvalue weighted by molar-refractivity contribution is -0.189. The lowest BCUT2D eigenvalue weighted by atomic mass is 9.48. The van der Waals surface area contributed by atoms with Crippen LogP contribution in [0, 0.1) is 28.6 Å². The van der Waals surface area contributed by atoms with Gasteiger partial charge in [-0.15, -0.1) is 0 Å². The van der Waals surface area contributed by atoms with Crippen molar-refractivity contribution in [2.75, 3.05) is 6.61 Å². The van der Waals surface area contributed by atoms with E-state index in [4.69, 9.17) is 9.47 Å². The van der Waals surface area contributed by atoms with Gasteiger partial charge in [-0.1, -0.05) is 51.8 Å². The van der Waals surface area contributed by atoms with Crippen LogP contribution < -0.4 is 0 Å². The number of hydrogen-bond acceptors (Lipinski definition) is 6. The standard InChI is InChI=1S/C30H39FO6/c1-6-8-9-26(35)37-30(24(33)18-36-25(34)7-2)19(3)16-23-22-11-10-20-17-21(32)12-13-27(20,4)29(22,31)15-14-28(23,30)5/h12-15,17,19,22-23H,6-11,16,18H2,1-5H3/t19?,22-,23-,27-,28-,29+,30+/m0/s1. The van der Waals surface area contributed by atoms with Gasteiger partial charge >= 0.3 is 11.9 Å². The van der Waals surface area contributed by atoms with Crippen molar-refractivity contribution in [1.29, 1.82) is 0 Å². The number of unbranched alkanes of at least 4 members (excludes halogenated alkanes) is 1. The van der Waals surface area contributed by atoms with E-state index in [1.54, 1.807) is 31.2 Å². The first-order valence-corrected chi connectivity index (χ1v) is 13.6. The molecule has 0 radical (unpaired) electrons. The molecule has 0 N–H and O–H groups in total. The zero-order valence-electron chi connectivity index (χ0n) is 22.6. The number of alkyl halides is 1. The van der Waals surface area contributed by atoms with E-state index < -0.39 is 58.3 Å². The first-order chi connectivity index (χ1) is 17.4. The second-order valence-electron chi connectivity index (χ2n) is 11.6. The van der Waals surface area contributed by atoms with Crippen LogP contribution in [0.25, 0.3) is 0 Å². The Hall–Kier alpha value is -2.57. The summed E-state index contributed by atoms with van der Waals surface area (Å²) in [7, 11) is 0. The molecule has 7 atom stereocenters. The van der Waals surface area contributed by atoms with Gasteiger partial charge in [-0.3, -0.25) is 19.2 Å². The number of rotatable bonds is 8. The molecule has 0 spiro atoms. The molecule has 202 valence electrons. The summed E-state index contributed by atoms with van der Waals surface area (Å²) in [4.78, 5) is 50.8. The van der Waals surface area contributed by atoms with Gasteiger partial charge in [0.05, 0.1) is 0 Å². The normalized spacial score (nSPS) is 39.8. The van der Waals surface area contributed by atoms with Gasteiger partial charge < -0.3 is 9.47 Å². The van der Waals surface area contributed by atoms with Gasteiger partial charge in [-0.25, -0.2) is 4.39 Å². The summed E-state index contributed by atoms with van der Waals surface area (Å²) in [5.74, 6) is -2.68. The topological polar surface area (TPSA) is 86.7 Å². The Morgan fingerprint density at radius 2 is 1.81 bits per heavy atom. The number of fused-ring (bicyclic) bond motifs is 5. The highest BCUT2D eigenvalue weighted by Gasteiger charge is 2.73. The minimum atomic E-state index is -1.75. The van der Waals surface area contributed by atoms with Crippen molar-refractivity contribution in [3.8, 4) is 0 Å². The van der Waals surface area contributed by atoms with E-state index in [1.165, 1.54) is 6.08 Å². The molecule has 4 aliphatic rings. The zero-order chi connectivity index (χ0) is 27.2. The van der Waals surface area contributed by atoms with Gasteiger partial charge in [0, 0.05) is 35.5 Å². The monoisotopic (exact) mass is 514 g/mol. The molecular weight excluding hydrogens is 475 g/mol. The fourth-order valence-corrected chi connectivity index (χ4v) is 7.60. The molecular formula is C30H39FO6. The molecule has 4 aliphatic carbocycles. The average Bonchev–Trinajstić information content (AvgIpc) is 3.09. The van der Waals surface area contributed by atoms with Gasteiger partial charge in [0.15, 0.2) is 18.0 Å². The van der Waals surface area contributed by atoms with E-state index in [0.29, 0.717) is 25.7 Å². The van der Waals surface area contributed by atoms with Gasteiger partial charge in [0.2, 0.25) is 5.78 Å². The molecule has 6 nitrogen and oxygen atoms in total. The van der Waals surface area contributed by atoms with Crippen LogP contribution >= 0.6 is 0 Å². The number of allylic oxidation sites excluding steroid dienone is 5. The number of ether oxygens (including phenoxy) is 2. The van der Waals surface area contributed by atoms with Crippen molar-refractivity contribution in [1.82, 2.24) is 0 Å². The summed E-state index contributed by atoms with van der Waals surface area (Å²) in [5, 5.41) is 0. The van der Waals surface area contributed by atoms with Gasteiger partial charge in [0.25, 0.3) is 0 Å². The Balaban J connectivity index is 1.79. The summed E-state index contributed by atoms with van der Waals surface area (Å²) in [6, 6.07) is 0. The maximum Gasteiger partial charge on any atom is 0.306 e. The molecule has 7 heteroatoms. The van der Waals surface area contributed by atoms with Crippen LogP contribution in [0.15, 0.2) is 36.0 Å². The number of carbonyl (C=O) groups excluding carboxylic acids is 4. The zero-order valence-corrected chi connectivity index (χ0v) is 22.6. The number of ketones is 2. The summed E-state index contributed by atoms with van der Waals surface area (Å²) >= 11 is 0. The maximum absolute atomic E-state index is 17.2. The number of hydrogen-bond donors (Lipinski definition) is 0. The SMILES string of the molecule is CCCCC(=O)O[C@@]1(C(=O)COC(=O)CC)C(C)C[C@H]2[C@@H]3CCC4=CC(=O)C=C[C@]4(C)[C@@]3(F)C=C[C@@]21C. The lowest BCUT2D eigenvalue weighted by Gasteiger charge is -2.58. The number of carbonyl (C=O) groups is 4. The smallest absolute Gasteiger partial charge is 0.306 e. The van der Waals surface area contributed by atoms with Crippen molar-refractivity contribution in [3.05, 3.63) is 36.0 Å². The molecule has 0 bridgehead atoms. The van der Waals surface area contributed by atoms with E-state index in [0.717, 1.165) is 12.0 Å². The Labute approximate surface area is 218 Å². The number of esters is 2. The van der Waals surface area contributed by atoms with Gasteiger partial charge in [0.1, 0.15) is 5.67 Å². The highest BCUT2D eigenvalue weighted by atomic mass is 19.1. The minimum Gasteiger partial charge on any atom is -0.457 e. The second-order valence-corrected chi connectivity index (χ2v) is 11.6. The molecule has 0 aromatic carbocycles. The highest BCUT2D eigenvalue weighted by Crippen LogP contribution is 2.69. The van der Waals surface area contributed by atoms with Crippen molar-refractivity contribution >= 4 is 23.5 Å².